The molecule has 18 heteroatoms. The first-order valence-electron chi connectivity index (χ1n) is 20.0. The number of imide groups is 1. The summed E-state index contributed by atoms with van der Waals surface area (Å²) in [5.74, 6) is -2.65. The van der Waals surface area contributed by atoms with E-state index in [1.807, 2.05) is 11.0 Å². The maximum atomic E-state index is 16.6. The van der Waals surface area contributed by atoms with E-state index in [1.165, 1.54) is 30.3 Å². The maximum absolute atomic E-state index is 16.6. The van der Waals surface area contributed by atoms with E-state index in [9.17, 15) is 19.2 Å². The van der Waals surface area contributed by atoms with Crippen molar-refractivity contribution in [3.8, 4) is 16.9 Å². The number of H-pyrrole nitrogens is 1. The molecule has 5 aromatic rings. The third-order valence-corrected chi connectivity index (χ3v) is 11.3. The third kappa shape index (κ3) is 8.34. The lowest BCUT2D eigenvalue weighted by molar-refractivity contribution is -0.134. The topological polar surface area (TPSA) is 161 Å². The van der Waals surface area contributed by atoms with Crippen molar-refractivity contribution < 1.29 is 37.1 Å². The Kier molecular flexibility index (Phi) is 11.4. The molecule has 0 saturated carbocycles. The van der Waals surface area contributed by atoms with Gasteiger partial charge < -0.3 is 34.6 Å². The van der Waals surface area contributed by atoms with Gasteiger partial charge in [-0.2, -0.15) is 5.10 Å². The molecule has 61 heavy (non-hydrogen) atoms. The molecule has 3 N–H and O–H groups in total. The summed E-state index contributed by atoms with van der Waals surface area (Å²) in [5.41, 5.74) is 2.41. The van der Waals surface area contributed by atoms with E-state index in [1.54, 1.807) is 65.2 Å². The number of pyridine rings is 1. The number of halogens is 3. The molecule has 0 aliphatic carbocycles. The molecule has 3 aliphatic heterocycles. The number of fused-ring (bicyclic) bond motifs is 1. The molecule has 15 nitrogen and oxygen atoms in total. The highest BCUT2D eigenvalue weighted by molar-refractivity contribution is 6.05. The zero-order valence-corrected chi connectivity index (χ0v) is 33.9. The first-order chi connectivity index (χ1) is 29.4. The van der Waals surface area contributed by atoms with E-state index in [0.717, 1.165) is 0 Å². The number of aromatic amines is 1. The van der Waals surface area contributed by atoms with Crippen LogP contribution in [0.4, 0.5) is 30.4 Å². The van der Waals surface area contributed by atoms with Crippen molar-refractivity contribution in [3.63, 3.8) is 0 Å². The van der Waals surface area contributed by atoms with E-state index < -0.39 is 29.4 Å². The van der Waals surface area contributed by atoms with E-state index in [4.69, 9.17) is 4.74 Å². The fourth-order valence-corrected chi connectivity index (χ4v) is 8.10. The van der Waals surface area contributed by atoms with E-state index >= 15 is 13.2 Å². The molecular formula is C43H45F3N10O5. The number of piperidine rings is 1. The van der Waals surface area contributed by atoms with Gasteiger partial charge in [0.25, 0.3) is 5.91 Å². The van der Waals surface area contributed by atoms with E-state index in [0.29, 0.717) is 73.5 Å². The molecule has 3 aliphatic rings. The predicted octanol–water partition coefficient (Wildman–Crippen LogP) is 4.80. The van der Waals surface area contributed by atoms with Crippen molar-refractivity contribution in [1.82, 2.24) is 34.9 Å². The molecule has 3 aromatic heterocycles. The van der Waals surface area contributed by atoms with Crippen LogP contribution in [0.3, 0.4) is 0 Å². The number of methoxy groups -OCH3 is 1. The Morgan fingerprint density at radius 1 is 0.984 bits per heavy atom. The van der Waals surface area contributed by atoms with Crippen LogP contribution in [0.15, 0.2) is 61.1 Å². The van der Waals surface area contributed by atoms with Crippen molar-refractivity contribution in [1.29, 1.82) is 0 Å². The quantitative estimate of drug-likeness (QED) is 0.158. The number of aromatic nitrogens is 4. The number of piperazine rings is 1. The largest absolute Gasteiger partial charge is 0.495 e. The molecule has 4 amide bonds. The van der Waals surface area contributed by atoms with Crippen molar-refractivity contribution in [3.05, 3.63) is 89.8 Å². The standard InChI is InChI=1S/C43H45F3N10O5/c1-52(2)43(60)34-20-29-27(19-28(39(46)40(29)50-34)25-6-4-11-55(24-25)38(58)9-13-56-12-5-10-48-56)26-18-31(45)41(47-23-26)54-16-14-53(15-17-54)35-22-36(61-3)33(21-30(35)44)49-32-7-8-37(57)51-42(32)59/h5-6,10,12,18-23,32,49-50H,4,7-9,11,13-17,24H2,1-3H3,(H,51,57,59). The molecule has 2 aromatic carbocycles. The first-order valence-corrected chi connectivity index (χ1v) is 20.0. The molecule has 2 fully saturated rings. The summed E-state index contributed by atoms with van der Waals surface area (Å²) in [6.07, 6.45) is 8.01. The van der Waals surface area contributed by atoms with Gasteiger partial charge in [0.15, 0.2) is 17.5 Å². The van der Waals surface area contributed by atoms with Gasteiger partial charge in [0.1, 0.15) is 23.3 Å². The number of benzene rings is 2. The molecule has 2 saturated heterocycles. The van der Waals surface area contributed by atoms with Gasteiger partial charge in [-0.3, -0.25) is 29.2 Å². The van der Waals surface area contributed by atoms with Crippen LogP contribution >= 0.6 is 0 Å². The smallest absolute Gasteiger partial charge is 0.269 e. The highest BCUT2D eigenvalue weighted by Gasteiger charge is 2.30. The minimum absolute atomic E-state index is 0.0741. The number of carbonyl (C=O) groups excluding carboxylic acids is 4. The molecule has 1 atom stereocenters. The van der Waals surface area contributed by atoms with Crippen molar-refractivity contribution in [2.24, 2.45) is 0 Å². The van der Waals surface area contributed by atoms with Crippen LogP contribution in [0.1, 0.15) is 41.7 Å². The van der Waals surface area contributed by atoms with Gasteiger partial charge in [0.2, 0.25) is 17.7 Å². The SMILES string of the molecule is COc1cc(N2CCN(c3ncc(-c4cc(C5=CCCN(C(=O)CCn6cccn6)C5)c(F)c5[nH]c(C(=O)N(C)C)cc45)cc3F)CC2)c(F)cc1NC1CCC(=O)NC1=O. The monoisotopic (exact) mass is 838 g/mol. The second-order valence-corrected chi connectivity index (χ2v) is 15.5. The van der Waals surface area contributed by atoms with Crippen molar-refractivity contribution in [2.75, 3.05) is 75.6 Å². The lowest BCUT2D eigenvalue weighted by Crippen LogP contribution is -2.47. The molecule has 318 valence electrons. The number of ether oxygens (including phenoxy) is 1. The average molecular weight is 839 g/mol. The number of hydrogen-bond acceptors (Lipinski definition) is 10. The predicted molar refractivity (Wildman–Crippen MR) is 223 cm³/mol. The molecule has 6 heterocycles. The van der Waals surface area contributed by atoms with Crippen LogP contribution in [0.25, 0.3) is 27.6 Å². The Bertz CT molecular complexity index is 2550. The van der Waals surface area contributed by atoms with Gasteiger partial charge in [0, 0.05) is 120 Å². The van der Waals surface area contributed by atoms with Crippen LogP contribution in [0, 0.1) is 17.5 Å². The number of anilines is 3. The number of nitrogens with one attached hydrogen (secondary N) is 3. The number of nitrogens with zero attached hydrogens (tertiary/aromatic N) is 7. The van der Waals surface area contributed by atoms with Gasteiger partial charge in [-0.15, -0.1) is 0 Å². The fraction of sp³-hybridized carbons (Fsp3) is 0.349. The third-order valence-electron chi connectivity index (χ3n) is 11.3. The van der Waals surface area contributed by atoms with Crippen LogP contribution < -0.4 is 25.2 Å². The van der Waals surface area contributed by atoms with Gasteiger partial charge in [-0.25, -0.2) is 18.2 Å². The Morgan fingerprint density at radius 3 is 2.48 bits per heavy atom. The zero-order valence-electron chi connectivity index (χ0n) is 33.9. The molecule has 8 rings (SSSR count). The van der Waals surface area contributed by atoms with E-state index in [2.05, 4.69) is 25.7 Å². The minimum Gasteiger partial charge on any atom is -0.495 e. The van der Waals surface area contributed by atoms with Crippen molar-refractivity contribution >= 4 is 57.3 Å². The zero-order chi connectivity index (χ0) is 42.9. The second kappa shape index (κ2) is 17.0. The number of hydrogen-bond donors (Lipinski definition) is 3. The molecule has 0 bridgehead atoms. The number of aryl methyl sites for hydroxylation is 1. The summed E-state index contributed by atoms with van der Waals surface area (Å²) in [6.45, 7) is 2.34. The first kappa shape index (κ1) is 40.9. The highest BCUT2D eigenvalue weighted by Crippen LogP contribution is 2.39. The number of rotatable bonds is 11. The lowest BCUT2D eigenvalue weighted by Gasteiger charge is -2.37. The van der Waals surface area contributed by atoms with Gasteiger partial charge in [0.05, 0.1) is 24.0 Å². The summed E-state index contributed by atoms with van der Waals surface area (Å²) in [6, 6.07) is 8.39. The fourth-order valence-electron chi connectivity index (χ4n) is 8.10. The molecule has 1 unspecified atom stereocenters. The maximum Gasteiger partial charge on any atom is 0.269 e. The Balaban J connectivity index is 1.02. The van der Waals surface area contributed by atoms with Crippen LogP contribution in [-0.4, -0.2) is 120 Å². The Morgan fingerprint density at radius 2 is 1.77 bits per heavy atom. The van der Waals surface area contributed by atoms with Crippen molar-refractivity contribution in [2.45, 2.75) is 38.3 Å². The number of amides is 4. The summed E-state index contributed by atoms with van der Waals surface area (Å²) in [4.78, 5) is 64.3. The van der Waals surface area contributed by atoms with Crippen LogP contribution in [0.2, 0.25) is 0 Å². The summed E-state index contributed by atoms with van der Waals surface area (Å²) < 4.78 is 55.6. The molecule has 0 radical (unpaired) electrons. The Hall–Kier alpha value is -6.85. The number of carbonyl (C=O) groups is 4. The van der Waals surface area contributed by atoms with E-state index in [-0.39, 0.29) is 77.5 Å². The highest BCUT2D eigenvalue weighted by atomic mass is 19.1. The molecule has 0 spiro atoms. The van der Waals surface area contributed by atoms with Crippen LogP contribution in [0.5, 0.6) is 5.75 Å². The normalized spacial score (nSPS) is 17.0. The minimum atomic E-state index is -0.723. The van der Waals surface area contributed by atoms with Crippen LogP contribution in [-0.2, 0) is 20.9 Å². The second-order valence-electron chi connectivity index (χ2n) is 15.5. The Labute approximate surface area is 349 Å². The van der Waals surface area contributed by atoms with Gasteiger partial charge >= 0.3 is 0 Å². The summed E-state index contributed by atoms with van der Waals surface area (Å²) in [5, 5.41) is 9.80. The average Bonchev–Trinajstić information content (AvgIpc) is 3.95. The summed E-state index contributed by atoms with van der Waals surface area (Å²) >= 11 is 0. The van der Waals surface area contributed by atoms with Gasteiger partial charge in [-0.05, 0) is 48.2 Å². The lowest BCUT2D eigenvalue weighted by atomic mass is 9.93. The summed E-state index contributed by atoms with van der Waals surface area (Å²) in [7, 11) is 4.62. The molecular weight excluding hydrogens is 794 g/mol. The van der Waals surface area contributed by atoms with Gasteiger partial charge in [-0.1, -0.05) is 6.08 Å².